The van der Waals surface area contributed by atoms with Crippen molar-refractivity contribution in [3.8, 4) is 0 Å². The Morgan fingerprint density at radius 1 is 1.29 bits per heavy atom. The van der Waals surface area contributed by atoms with E-state index in [1.54, 1.807) is 7.11 Å². The van der Waals surface area contributed by atoms with Gasteiger partial charge < -0.3 is 14.6 Å². The Morgan fingerprint density at radius 2 is 2.05 bits per heavy atom. The van der Waals surface area contributed by atoms with Crippen molar-refractivity contribution in [2.75, 3.05) is 39.9 Å². The summed E-state index contributed by atoms with van der Waals surface area (Å²) in [6.45, 7) is 4.20. The third-order valence-electron chi connectivity index (χ3n) is 3.80. The molecule has 1 aliphatic heterocycles. The third-order valence-corrected chi connectivity index (χ3v) is 3.80. The molecule has 1 fully saturated rings. The van der Waals surface area contributed by atoms with Crippen molar-refractivity contribution in [1.29, 1.82) is 0 Å². The fourth-order valence-electron chi connectivity index (χ4n) is 2.66. The Labute approximate surface area is 123 Å². The van der Waals surface area contributed by atoms with Crippen LogP contribution in [0.2, 0.25) is 0 Å². The summed E-state index contributed by atoms with van der Waals surface area (Å²) in [7, 11) is 1.55. The van der Waals surface area contributed by atoms with Gasteiger partial charge in [0, 0.05) is 33.3 Å². The number of imidazole rings is 1. The van der Waals surface area contributed by atoms with Crippen LogP contribution < -0.4 is 0 Å². The Balaban J connectivity index is 1.56. The second-order valence-corrected chi connectivity index (χ2v) is 5.29. The van der Waals surface area contributed by atoms with Crippen LogP contribution in [0, 0.1) is 0 Å². The summed E-state index contributed by atoms with van der Waals surface area (Å²) in [5.41, 5.74) is 2.07. The van der Waals surface area contributed by atoms with Crippen LogP contribution in [0.5, 0.6) is 0 Å². The van der Waals surface area contributed by atoms with Gasteiger partial charge in [0.25, 0.3) is 0 Å². The molecule has 21 heavy (non-hydrogen) atoms. The molecule has 0 spiro atoms. The molecule has 112 valence electrons. The van der Waals surface area contributed by atoms with Gasteiger partial charge in [-0.2, -0.15) is 0 Å². The van der Waals surface area contributed by atoms with Crippen LogP contribution in [0.4, 0.5) is 0 Å². The average Bonchev–Trinajstić information content (AvgIpc) is 2.90. The van der Waals surface area contributed by atoms with Crippen molar-refractivity contribution < 1.29 is 9.53 Å². The molecule has 0 saturated carbocycles. The number of ether oxygens (including phenoxy) is 1. The molecule has 0 atom stereocenters. The van der Waals surface area contributed by atoms with E-state index in [-0.39, 0.29) is 12.5 Å². The van der Waals surface area contributed by atoms with Gasteiger partial charge in [-0.3, -0.25) is 9.69 Å². The number of amides is 1. The van der Waals surface area contributed by atoms with Crippen LogP contribution in [0.15, 0.2) is 24.3 Å². The molecule has 0 unspecified atom stereocenters. The minimum Gasteiger partial charge on any atom is -0.375 e. The van der Waals surface area contributed by atoms with E-state index in [4.69, 9.17) is 4.74 Å². The minimum atomic E-state index is 0.0703. The summed E-state index contributed by atoms with van der Waals surface area (Å²) in [5, 5.41) is 0. The predicted molar refractivity (Wildman–Crippen MR) is 79.8 cm³/mol. The Kier molecular flexibility index (Phi) is 4.17. The number of piperazine rings is 1. The number of hydrogen-bond acceptors (Lipinski definition) is 4. The molecule has 3 rings (SSSR count). The number of carbonyl (C=O) groups is 1. The molecule has 2 heterocycles. The van der Waals surface area contributed by atoms with Gasteiger partial charge in [-0.1, -0.05) is 12.1 Å². The quantitative estimate of drug-likeness (QED) is 0.906. The number of para-hydroxylation sites is 2. The topological polar surface area (TPSA) is 61.5 Å². The highest BCUT2D eigenvalue weighted by atomic mass is 16.5. The molecule has 1 N–H and O–H groups in total. The van der Waals surface area contributed by atoms with E-state index in [0.717, 1.165) is 49.6 Å². The number of aromatic nitrogens is 2. The van der Waals surface area contributed by atoms with Crippen molar-refractivity contribution in [2.24, 2.45) is 0 Å². The third kappa shape index (κ3) is 3.22. The zero-order valence-corrected chi connectivity index (χ0v) is 12.2. The lowest BCUT2D eigenvalue weighted by Gasteiger charge is -2.34. The zero-order valence-electron chi connectivity index (χ0n) is 12.2. The minimum absolute atomic E-state index is 0.0703. The Bertz CT molecular complexity index is 584. The lowest BCUT2D eigenvalue weighted by Crippen LogP contribution is -2.49. The van der Waals surface area contributed by atoms with Crippen molar-refractivity contribution in [3.63, 3.8) is 0 Å². The van der Waals surface area contributed by atoms with Crippen LogP contribution in [0.1, 0.15) is 5.82 Å². The molecule has 0 radical (unpaired) electrons. The van der Waals surface area contributed by atoms with Crippen LogP contribution >= 0.6 is 0 Å². The van der Waals surface area contributed by atoms with Gasteiger partial charge in [0.05, 0.1) is 17.6 Å². The lowest BCUT2D eigenvalue weighted by molar-refractivity contribution is -0.136. The first-order chi connectivity index (χ1) is 10.3. The van der Waals surface area contributed by atoms with Crippen molar-refractivity contribution in [2.45, 2.75) is 6.54 Å². The predicted octanol–water partition coefficient (Wildman–Crippen LogP) is 0.853. The summed E-state index contributed by atoms with van der Waals surface area (Å²) in [4.78, 5) is 23.9. The highest BCUT2D eigenvalue weighted by Gasteiger charge is 2.21. The molecule has 1 aromatic heterocycles. The van der Waals surface area contributed by atoms with E-state index in [9.17, 15) is 4.79 Å². The SMILES string of the molecule is COCC(=O)N1CCN(Cc2nc3ccccc3[nH]2)CC1. The van der Waals surface area contributed by atoms with E-state index in [1.165, 1.54) is 0 Å². The van der Waals surface area contributed by atoms with Crippen molar-refractivity contribution in [1.82, 2.24) is 19.8 Å². The molecule has 0 bridgehead atoms. The first-order valence-electron chi connectivity index (χ1n) is 7.19. The maximum absolute atomic E-state index is 11.7. The van der Waals surface area contributed by atoms with Gasteiger partial charge in [0.15, 0.2) is 0 Å². The van der Waals surface area contributed by atoms with E-state index < -0.39 is 0 Å². The second-order valence-electron chi connectivity index (χ2n) is 5.29. The number of benzene rings is 1. The molecular weight excluding hydrogens is 268 g/mol. The van der Waals surface area contributed by atoms with Gasteiger partial charge in [0.2, 0.25) is 5.91 Å². The number of methoxy groups -OCH3 is 1. The highest BCUT2D eigenvalue weighted by molar-refractivity contribution is 5.77. The van der Waals surface area contributed by atoms with Gasteiger partial charge >= 0.3 is 0 Å². The summed E-state index contributed by atoms with van der Waals surface area (Å²) in [6.07, 6.45) is 0. The number of aromatic amines is 1. The first-order valence-corrected chi connectivity index (χ1v) is 7.19. The molecule has 1 aromatic carbocycles. The molecule has 2 aromatic rings. The second kappa shape index (κ2) is 6.24. The maximum atomic E-state index is 11.7. The molecular formula is C15H20N4O2. The maximum Gasteiger partial charge on any atom is 0.248 e. The number of rotatable bonds is 4. The number of nitrogens with zero attached hydrogens (tertiary/aromatic N) is 3. The number of H-pyrrole nitrogens is 1. The zero-order chi connectivity index (χ0) is 14.7. The number of nitrogens with one attached hydrogen (secondary N) is 1. The van der Waals surface area contributed by atoms with Gasteiger partial charge in [-0.15, -0.1) is 0 Å². The Hall–Kier alpha value is -1.92. The molecule has 6 heteroatoms. The van der Waals surface area contributed by atoms with E-state index >= 15 is 0 Å². The van der Waals surface area contributed by atoms with Crippen LogP contribution in [0.25, 0.3) is 11.0 Å². The summed E-state index contributed by atoms with van der Waals surface area (Å²) < 4.78 is 4.89. The molecule has 1 amide bonds. The normalized spacial score (nSPS) is 16.5. The van der Waals surface area contributed by atoms with Gasteiger partial charge in [-0.05, 0) is 12.1 Å². The summed E-state index contributed by atoms with van der Waals surface area (Å²) in [5.74, 6) is 1.05. The summed E-state index contributed by atoms with van der Waals surface area (Å²) in [6, 6.07) is 8.04. The fourth-order valence-corrected chi connectivity index (χ4v) is 2.66. The molecule has 1 saturated heterocycles. The van der Waals surface area contributed by atoms with Gasteiger partial charge in [-0.25, -0.2) is 4.98 Å². The summed E-state index contributed by atoms with van der Waals surface area (Å²) >= 11 is 0. The van der Waals surface area contributed by atoms with Crippen molar-refractivity contribution >= 4 is 16.9 Å². The number of fused-ring (bicyclic) bond motifs is 1. The fraction of sp³-hybridized carbons (Fsp3) is 0.467. The van der Waals surface area contributed by atoms with Crippen LogP contribution in [-0.4, -0.2) is 65.6 Å². The molecule has 6 nitrogen and oxygen atoms in total. The standard InChI is InChI=1S/C15H20N4O2/c1-21-11-15(20)19-8-6-18(7-9-19)10-14-16-12-4-2-3-5-13(12)17-14/h2-5H,6-11H2,1H3,(H,16,17). The lowest BCUT2D eigenvalue weighted by atomic mass is 10.3. The highest BCUT2D eigenvalue weighted by Crippen LogP contribution is 2.13. The van der Waals surface area contributed by atoms with E-state index in [2.05, 4.69) is 14.9 Å². The molecule has 0 aliphatic carbocycles. The average molecular weight is 288 g/mol. The van der Waals surface area contributed by atoms with E-state index in [1.807, 2.05) is 29.2 Å². The van der Waals surface area contributed by atoms with Crippen LogP contribution in [0.3, 0.4) is 0 Å². The monoisotopic (exact) mass is 288 g/mol. The van der Waals surface area contributed by atoms with Crippen LogP contribution in [-0.2, 0) is 16.1 Å². The smallest absolute Gasteiger partial charge is 0.248 e. The molecule has 1 aliphatic rings. The van der Waals surface area contributed by atoms with E-state index in [0.29, 0.717) is 0 Å². The number of hydrogen-bond donors (Lipinski definition) is 1. The largest absolute Gasteiger partial charge is 0.375 e. The first kappa shape index (κ1) is 14.0. The Morgan fingerprint density at radius 3 is 2.76 bits per heavy atom. The van der Waals surface area contributed by atoms with Crippen molar-refractivity contribution in [3.05, 3.63) is 30.1 Å². The number of carbonyl (C=O) groups excluding carboxylic acids is 1. The van der Waals surface area contributed by atoms with Gasteiger partial charge in [0.1, 0.15) is 12.4 Å².